The number of rotatable bonds is 2. The molecule has 0 aromatic heterocycles. The van der Waals surface area contributed by atoms with Gasteiger partial charge in [-0.05, 0) is 48.9 Å². The smallest absolute Gasteiger partial charge is 0.314 e. The van der Waals surface area contributed by atoms with E-state index in [2.05, 4.69) is 10.6 Å². The van der Waals surface area contributed by atoms with Crippen LogP contribution in [0.4, 0.5) is 15.8 Å². The summed E-state index contributed by atoms with van der Waals surface area (Å²) in [5.74, 6) is -2.11. The van der Waals surface area contributed by atoms with E-state index in [-0.39, 0.29) is 0 Å². The van der Waals surface area contributed by atoms with E-state index in [1.165, 1.54) is 24.3 Å². The van der Waals surface area contributed by atoms with Crippen LogP contribution in [0.1, 0.15) is 5.56 Å². The number of carbonyl (C=O) groups is 2. The van der Waals surface area contributed by atoms with Crippen LogP contribution in [0.5, 0.6) is 0 Å². The molecule has 0 radical (unpaired) electrons. The molecule has 0 aliphatic heterocycles. The van der Waals surface area contributed by atoms with Crippen molar-refractivity contribution in [1.82, 2.24) is 0 Å². The van der Waals surface area contributed by atoms with Gasteiger partial charge in [-0.2, -0.15) is 0 Å². The lowest BCUT2D eigenvalue weighted by atomic mass is 10.2. The molecule has 0 atom stereocenters. The molecule has 2 N–H and O–H groups in total. The molecule has 0 aliphatic carbocycles. The number of hydrogen-bond donors (Lipinski definition) is 2. The van der Waals surface area contributed by atoms with Crippen molar-refractivity contribution in [2.24, 2.45) is 0 Å². The lowest BCUT2D eigenvalue weighted by Crippen LogP contribution is -2.29. The molecule has 0 fully saturated rings. The Balaban J connectivity index is 2.00. The van der Waals surface area contributed by atoms with Gasteiger partial charge >= 0.3 is 11.8 Å². The van der Waals surface area contributed by atoms with Crippen LogP contribution in [0.25, 0.3) is 0 Å². The fourth-order valence-corrected chi connectivity index (χ4v) is 1.76. The van der Waals surface area contributed by atoms with Gasteiger partial charge in [-0.1, -0.05) is 17.7 Å². The van der Waals surface area contributed by atoms with Gasteiger partial charge in [0.05, 0.1) is 0 Å². The molecule has 21 heavy (non-hydrogen) atoms. The van der Waals surface area contributed by atoms with E-state index >= 15 is 0 Å². The lowest BCUT2D eigenvalue weighted by Gasteiger charge is -2.07. The van der Waals surface area contributed by atoms with E-state index in [1.807, 2.05) is 6.92 Å². The summed E-state index contributed by atoms with van der Waals surface area (Å²) in [7, 11) is 0. The van der Waals surface area contributed by atoms with Crippen molar-refractivity contribution in [3.63, 3.8) is 0 Å². The summed E-state index contributed by atoms with van der Waals surface area (Å²) < 4.78 is 12.7. The molecule has 0 spiro atoms. The second-order valence-corrected chi connectivity index (χ2v) is 4.79. The lowest BCUT2D eigenvalue weighted by molar-refractivity contribution is -0.132. The molecule has 6 heteroatoms. The van der Waals surface area contributed by atoms with Gasteiger partial charge in [0.15, 0.2) is 0 Å². The van der Waals surface area contributed by atoms with Crippen molar-refractivity contribution in [2.75, 3.05) is 10.6 Å². The molecule has 2 rings (SSSR count). The fraction of sp³-hybridized carbons (Fsp3) is 0.0667. The summed E-state index contributed by atoms with van der Waals surface area (Å²) in [6.07, 6.45) is 0. The number of benzene rings is 2. The van der Waals surface area contributed by atoms with Crippen LogP contribution in [0, 0.1) is 12.7 Å². The average Bonchev–Trinajstić information content (AvgIpc) is 2.45. The molecule has 4 nitrogen and oxygen atoms in total. The molecular weight excluding hydrogens is 295 g/mol. The molecule has 2 aromatic rings. The van der Waals surface area contributed by atoms with Crippen LogP contribution in [-0.2, 0) is 9.59 Å². The minimum Gasteiger partial charge on any atom is -0.318 e. The van der Waals surface area contributed by atoms with E-state index in [0.29, 0.717) is 16.4 Å². The summed E-state index contributed by atoms with van der Waals surface area (Å²) in [6.45, 7) is 1.83. The van der Waals surface area contributed by atoms with Crippen molar-refractivity contribution >= 4 is 34.8 Å². The number of nitrogens with one attached hydrogen (secondary N) is 2. The SMILES string of the molecule is Cc1ccc(NC(=O)C(=O)Nc2ccc(F)cc2)cc1Cl. The van der Waals surface area contributed by atoms with Gasteiger partial charge in [-0.15, -0.1) is 0 Å². The highest BCUT2D eigenvalue weighted by Gasteiger charge is 2.14. The van der Waals surface area contributed by atoms with Crippen LogP contribution in [0.15, 0.2) is 42.5 Å². The fourth-order valence-electron chi connectivity index (χ4n) is 1.58. The molecule has 2 amide bonds. The van der Waals surface area contributed by atoms with Gasteiger partial charge in [0.2, 0.25) is 0 Å². The van der Waals surface area contributed by atoms with Crippen molar-refractivity contribution in [1.29, 1.82) is 0 Å². The van der Waals surface area contributed by atoms with Crippen molar-refractivity contribution in [3.05, 3.63) is 58.9 Å². The quantitative estimate of drug-likeness (QED) is 0.836. The maximum atomic E-state index is 12.7. The molecule has 0 heterocycles. The number of hydrogen-bond acceptors (Lipinski definition) is 2. The Labute approximate surface area is 125 Å². The Kier molecular flexibility index (Phi) is 4.55. The topological polar surface area (TPSA) is 58.2 Å². The number of amides is 2. The highest BCUT2D eigenvalue weighted by atomic mass is 35.5. The van der Waals surface area contributed by atoms with E-state index in [4.69, 9.17) is 11.6 Å². The second-order valence-electron chi connectivity index (χ2n) is 4.38. The molecule has 0 saturated heterocycles. The predicted octanol–water partition coefficient (Wildman–Crippen LogP) is 3.36. The van der Waals surface area contributed by atoms with Gasteiger partial charge in [0.25, 0.3) is 0 Å². The summed E-state index contributed by atoms with van der Waals surface area (Å²) in [5.41, 5.74) is 1.62. The van der Waals surface area contributed by atoms with E-state index in [0.717, 1.165) is 5.56 Å². The minimum atomic E-state index is -0.849. The number of carbonyl (C=O) groups excluding carboxylic acids is 2. The Hall–Kier alpha value is -2.40. The van der Waals surface area contributed by atoms with Crippen LogP contribution in [-0.4, -0.2) is 11.8 Å². The van der Waals surface area contributed by atoms with Crippen molar-refractivity contribution in [2.45, 2.75) is 6.92 Å². The normalized spacial score (nSPS) is 10.0. The largest absolute Gasteiger partial charge is 0.318 e. The third-order valence-electron chi connectivity index (χ3n) is 2.74. The van der Waals surface area contributed by atoms with Gasteiger partial charge in [0.1, 0.15) is 5.82 Å². The van der Waals surface area contributed by atoms with Crippen LogP contribution in [0.2, 0.25) is 5.02 Å². The maximum Gasteiger partial charge on any atom is 0.314 e. The van der Waals surface area contributed by atoms with Crippen LogP contribution >= 0.6 is 11.6 Å². The summed E-state index contributed by atoms with van der Waals surface area (Å²) in [5, 5.41) is 5.29. The Morgan fingerprint density at radius 3 is 2.05 bits per heavy atom. The van der Waals surface area contributed by atoms with Crippen LogP contribution < -0.4 is 10.6 Å². The van der Waals surface area contributed by atoms with Gasteiger partial charge in [0, 0.05) is 16.4 Å². The standard InChI is InChI=1S/C15H12ClFN2O2/c1-9-2-5-12(8-13(9)16)19-15(21)14(20)18-11-6-3-10(17)4-7-11/h2-8H,1H3,(H,18,20)(H,19,21). The van der Waals surface area contributed by atoms with E-state index < -0.39 is 17.6 Å². The highest BCUT2D eigenvalue weighted by molar-refractivity contribution is 6.43. The maximum absolute atomic E-state index is 12.7. The molecule has 0 aliphatic rings. The monoisotopic (exact) mass is 306 g/mol. The first-order valence-electron chi connectivity index (χ1n) is 6.10. The summed E-state index contributed by atoms with van der Waals surface area (Å²) >= 11 is 5.93. The third-order valence-corrected chi connectivity index (χ3v) is 3.15. The molecule has 0 saturated carbocycles. The Bertz CT molecular complexity index is 687. The molecule has 0 bridgehead atoms. The number of halogens is 2. The average molecular weight is 307 g/mol. The molecular formula is C15H12ClFN2O2. The van der Waals surface area contributed by atoms with Crippen LogP contribution in [0.3, 0.4) is 0 Å². The van der Waals surface area contributed by atoms with E-state index in [9.17, 15) is 14.0 Å². The molecule has 0 unspecified atom stereocenters. The molecule has 108 valence electrons. The Morgan fingerprint density at radius 2 is 1.48 bits per heavy atom. The first kappa shape index (κ1) is 15.0. The third kappa shape index (κ3) is 4.03. The van der Waals surface area contributed by atoms with Gasteiger partial charge < -0.3 is 10.6 Å². The van der Waals surface area contributed by atoms with Crippen molar-refractivity contribution < 1.29 is 14.0 Å². The zero-order valence-electron chi connectivity index (χ0n) is 11.1. The predicted molar refractivity (Wildman–Crippen MR) is 79.8 cm³/mol. The summed E-state index contributed by atoms with van der Waals surface area (Å²) in [6, 6.07) is 10.0. The minimum absolute atomic E-state index is 0.332. The second kappa shape index (κ2) is 6.37. The first-order valence-corrected chi connectivity index (χ1v) is 6.47. The number of aryl methyl sites for hydroxylation is 1. The zero-order valence-corrected chi connectivity index (χ0v) is 11.9. The Morgan fingerprint density at radius 1 is 0.952 bits per heavy atom. The molecule has 2 aromatic carbocycles. The van der Waals surface area contributed by atoms with Gasteiger partial charge in [-0.3, -0.25) is 9.59 Å². The van der Waals surface area contributed by atoms with Gasteiger partial charge in [-0.25, -0.2) is 4.39 Å². The van der Waals surface area contributed by atoms with Crippen molar-refractivity contribution in [3.8, 4) is 0 Å². The zero-order chi connectivity index (χ0) is 15.4. The highest BCUT2D eigenvalue weighted by Crippen LogP contribution is 2.20. The summed E-state index contributed by atoms with van der Waals surface area (Å²) in [4.78, 5) is 23.4. The number of anilines is 2. The first-order chi connectivity index (χ1) is 9.95. The van der Waals surface area contributed by atoms with E-state index in [1.54, 1.807) is 18.2 Å².